The molecule has 0 aliphatic carbocycles. The molecule has 0 saturated heterocycles. The van der Waals surface area contributed by atoms with Crippen LogP contribution in [0.4, 0.5) is 0 Å². The van der Waals surface area contributed by atoms with Crippen LogP contribution in [-0.4, -0.2) is 26.7 Å². The second-order valence-corrected chi connectivity index (χ2v) is 7.96. The number of aliphatic hydroxyl groups is 1. The highest BCUT2D eigenvalue weighted by Gasteiger charge is 2.22. The average molecular weight is 350 g/mol. The molecule has 0 bridgehead atoms. The minimum Gasteiger partial charge on any atom is -0.396 e. The van der Waals surface area contributed by atoms with Crippen LogP contribution in [0, 0.1) is 5.41 Å². The third-order valence-electron chi connectivity index (χ3n) is 2.86. The van der Waals surface area contributed by atoms with Gasteiger partial charge in [-0.1, -0.05) is 35.8 Å². The maximum Gasteiger partial charge on any atom is 0.240 e. The number of benzene rings is 1. The molecule has 2 N–H and O–H groups in total. The van der Waals surface area contributed by atoms with Crippen LogP contribution in [0.15, 0.2) is 33.6 Å². The van der Waals surface area contributed by atoms with Gasteiger partial charge in [-0.15, -0.1) is 0 Å². The molecule has 0 atom stereocenters. The largest absolute Gasteiger partial charge is 0.396 e. The lowest BCUT2D eigenvalue weighted by atomic mass is 9.88. The van der Waals surface area contributed by atoms with Crippen molar-refractivity contribution in [2.45, 2.75) is 31.6 Å². The van der Waals surface area contributed by atoms with E-state index in [2.05, 4.69) is 20.7 Å². The molecular formula is C13H20BrNO3S. The van der Waals surface area contributed by atoms with Crippen molar-refractivity contribution in [2.24, 2.45) is 5.41 Å². The maximum absolute atomic E-state index is 12.1. The van der Waals surface area contributed by atoms with E-state index in [9.17, 15) is 8.42 Å². The van der Waals surface area contributed by atoms with Crippen molar-refractivity contribution < 1.29 is 13.5 Å². The topological polar surface area (TPSA) is 66.4 Å². The second kappa shape index (κ2) is 6.83. The van der Waals surface area contributed by atoms with Gasteiger partial charge in [-0.2, -0.15) is 0 Å². The Morgan fingerprint density at radius 3 is 2.63 bits per heavy atom. The van der Waals surface area contributed by atoms with E-state index in [-0.39, 0.29) is 16.9 Å². The van der Waals surface area contributed by atoms with Gasteiger partial charge in [0.1, 0.15) is 0 Å². The van der Waals surface area contributed by atoms with Gasteiger partial charge in [0.2, 0.25) is 10.0 Å². The molecule has 0 spiro atoms. The Labute approximate surface area is 123 Å². The Morgan fingerprint density at radius 1 is 1.37 bits per heavy atom. The molecule has 0 amide bonds. The van der Waals surface area contributed by atoms with E-state index >= 15 is 0 Å². The Balaban J connectivity index is 2.71. The molecule has 4 nitrogen and oxygen atoms in total. The highest BCUT2D eigenvalue weighted by Crippen LogP contribution is 2.22. The summed E-state index contributed by atoms with van der Waals surface area (Å²) in [4.78, 5) is 0.250. The molecule has 0 heterocycles. The van der Waals surface area contributed by atoms with Gasteiger partial charge in [-0.3, -0.25) is 0 Å². The summed E-state index contributed by atoms with van der Waals surface area (Å²) >= 11 is 3.26. The number of rotatable bonds is 7. The fraction of sp³-hybridized carbons (Fsp3) is 0.538. The van der Waals surface area contributed by atoms with Gasteiger partial charge < -0.3 is 5.11 Å². The van der Waals surface area contributed by atoms with E-state index in [1.807, 2.05) is 13.8 Å². The minimum atomic E-state index is -3.48. The minimum absolute atomic E-state index is 0.127. The molecule has 0 radical (unpaired) electrons. The van der Waals surface area contributed by atoms with E-state index in [0.29, 0.717) is 13.0 Å². The van der Waals surface area contributed by atoms with Crippen LogP contribution in [0.3, 0.4) is 0 Å². The normalized spacial score (nSPS) is 12.6. The van der Waals surface area contributed by atoms with E-state index in [0.717, 1.165) is 10.9 Å². The summed E-state index contributed by atoms with van der Waals surface area (Å²) in [6.45, 7) is 4.43. The van der Waals surface area contributed by atoms with Gasteiger partial charge in [-0.25, -0.2) is 13.1 Å². The van der Waals surface area contributed by atoms with Crippen molar-refractivity contribution >= 4 is 26.0 Å². The molecule has 0 aliphatic rings. The molecule has 19 heavy (non-hydrogen) atoms. The number of hydrogen-bond acceptors (Lipinski definition) is 3. The van der Waals surface area contributed by atoms with Crippen molar-refractivity contribution in [1.29, 1.82) is 0 Å². The van der Waals surface area contributed by atoms with E-state index in [1.54, 1.807) is 24.3 Å². The van der Waals surface area contributed by atoms with Gasteiger partial charge in [0.05, 0.1) is 4.90 Å². The van der Waals surface area contributed by atoms with Crippen LogP contribution in [0.2, 0.25) is 0 Å². The summed E-state index contributed by atoms with van der Waals surface area (Å²) in [5, 5.41) is 8.82. The van der Waals surface area contributed by atoms with Gasteiger partial charge in [-0.05, 0) is 36.5 Å². The molecule has 1 rings (SSSR count). The zero-order valence-electron chi connectivity index (χ0n) is 11.2. The van der Waals surface area contributed by atoms with Crippen molar-refractivity contribution in [3.05, 3.63) is 28.7 Å². The Morgan fingerprint density at radius 2 is 2.05 bits per heavy atom. The highest BCUT2D eigenvalue weighted by molar-refractivity contribution is 9.10. The van der Waals surface area contributed by atoms with Gasteiger partial charge >= 0.3 is 0 Å². The predicted octanol–water partition coefficient (Wildman–Crippen LogP) is 2.53. The van der Waals surface area contributed by atoms with Gasteiger partial charge in [0.25, 0.3) is 0 Å². The first-order chi connectivity index (χ1) is 8.77. The van der Waals surface area contributed by atoms with Crippen LogP contribution in [0.25, 0.3) is 0 Å². The monoisotopic (exact) mass is 349 g/mol. The van der Waals surface area contributed by atoms with Crippen LogP contribution >= 0.6 is 15.9 Å². The lowest BCUT2D eigenvalue weighted by molar-refractivity contribution is 0.242. The summed E-state index contributed by atoms with van der Waals surface area (Å²) in [7, 11) is -3.48. The third kappa shape index (κ3) is 5.60. The van der Waals surface area contributed by atoms with Crippen molar-refractivity contribution in [3.63, 3.8) is 0 Å². The molecule has 1 aromatic rings. The molecule has 0 aliphatic heterocycles. The lowest BCUT2D eigenvalue weighted by Crippen LogP contribution is -2.34. The highest BCUT2D eigenvalue weighted by atomic mass is 79.9. The van der Waals surface area contributed by atoms with Crippen molar-refractivity contribution in [1.82, 2.24) is 4.72 Å². The molecule has 0 saturated carbocycles. The summed E-state index contributed by atoms with van der Waals surface area (Å²) in [5.41, 5.74) is -0.179. The fourth-order valence-electron chi connectivity index (χ4n) is 1.65. The van der Waals surface area contributed by atoms with Crippen LogP contribution in [0.5, 0.6) is 0 Å². The maximum atomic E-state index is 12.1. The second-order valence-electron chi connectivity index (χ2n) is 5.27. The third-order valence-corrected chi connectivity index (χ3v) is 4.75. The molecule has 0 fully saturated rings. The molecule has 1 aromatic carbocycles. The molecule has 108 valence electrons. The first-order valence-electron chi connectivity index (χ1n) is 6.13. The lowest BCUT2D eigenvalue weighted by Gasteiger charge is -2.24. The number of aliphatic hydroxyl groups excluding tert-OH is 1. The Bertz CT molecular complexity index is 514. The number of hydrogen-bond donors (Lipinski definition) is 2. The van der Waals surface area contributed by atoms with Crippen LogP contribution < -0.4 is 4.72 Å². The zero-order chi connectivity index (χ0) is 14.5. The molecule has 0 unspecified atom stereocenters. The smallest absolute Gasteiger partial charge is 0.240 e. The first kappa shape index (κ1) is 16.6. The van der Waals surface area contributed by atoms with Gasteiger partial charge in [0.15, 0.2) is 0 Å². The van der Waals surface area contributed by atoms with Crippen LogP contribution in [-0.2, 0) is 10.0 Å². The number of halogens is 1. The summed E-state index contributed by atoms with van der Waals surface area (Å²) in [5.74, 6) is 0. The average Bonchev–Trinajstić information content (AvgIpc) is 2.34. The van der Waals surface area contributed by atoms with E-state index in [1.165, 1.54) is 0 Å². The molecule has 0 aromatic heterocycles. The van der Waals surface area contributed by atoms with E-state index < -0.39 is 10.0 Å². The van der Waals surface area contributed by atoms with Crippen molar-refractivity contribution in [3.8, 4) is 0 Å². The fourth-order valence-corrected chi connectivity index (χ4v) is 3.49. The van der Waals surface area contributed by atoms with E-state index in [4.69, 9.17) is 5.11 Å². The standard InChI is InChI=1S/C13H20BrNO3S/c1-13(2,7-4-8-16)10-15-19(17,18)12-6-3-5-11(14)9-12/h3,5-6,9,15-16H,4,7-8,10H2,1-2H3. The van der Waals surface area contributed by atoms with Gasteiger partial charge in [0, 0.05) is 17.6 Å². The number of sulfonamides is 1. The quantitative estimate of drug-likeness (QED) is 0.794. The first-order valence-corrected chi connectivity index (χ1v) is 8.40. The zero-order valence-corrected chi connectivity index (χ0v) is 13.6. The predicted molar refractivity (Wildman–Crippen MR) is 79.4 cm³/mol. The number of nitrogens with one attached hydrogen (secondary N) is 1. The SMILES string of the molecule is CC(C)(CCCO)CNS(=O)(=O)c1cccc(Br)c1. The Kier molecular flexibility index (Phi) is 5.98. The summed E-state index contributed by atoms with van der Waals surface area (Å²) in [6.07, 6.45) is 1.44. The molecular weight excluding hydrogens is 330 g/mol. The van der Waals surface area contributed by atoms with Crippen molar-refractivity contribution in [2.75, 3.05) is 13.2 Å². The molecule has 6 heteroatoms. The summed E-state index contributed by atoms with van der Waals surface area (Å²) in [6, 6.07) is 6.61. The van der Waals surface area contributed by atoms with Crippen LogP contribution in [0.1, 0.15) is 26.7 Å². The summed E-state index contributed by atoms with van der Waals surface area (Å²) < 4.78 is 27.6. The Hall–Kier alpha value is -0.430.